The van der Waals surface area contributed by atoms with Crippen molar-refractivity contribution in [2.75, 3.05) is 14.2 Å². The minimum Gasteiger partial charge on any atom is -0.493 e. The van der Waals surface area contributed by atoms with Gasteiger partial charge in [-0.25, -0.2) is 9.97 Å². The summed E-state index contributed by atoms with van der Waals surface area (Å²) >= 11 is 0. The maximum atomic E-state index is 5.38. The summed E-state index contributed by atoms with van der Waals surface area (Å²) in [7, 11) is 3.26. The highest BCUT2D eigenvalue weighted by Crippen LogP contribution is 2.32. The third-order valence-corrected chi connectivity index (χ3v) is 4.14. The van der Waals surface area contributed by atoms with Gasteiger partial charge in [0.05, 0.1) is 14.2 Å². The quantitative estimate of drug-likeness (QED) is 0.565. The normalized spacial score (nSPS) is 10.8. The summed E-state index contributed by atoms with van der Waals surface area (Å²) < 4.78 is 12.7. The minimum atomic E-state index is 0.690. The van der Waals surface area contributed by atoms with E-state index in [-0.39, 0.29) is 0 Å². The molecule has 124 valence electrons. The molecule has 0 unspecified atom stereocenters. The van der Waals surface area contributed by atoms with E-state index in [1.807, 2.05) is 65.4 Å². The topological polar surface area (TPSA) is 49.2 Å². The Hall–Kier alpha value is -3.34. The largest absolute Gasteiger partial charge is 0.493 e. The van der Waals surface area contributed by atoms with Crippen LogP contribution in [0.4, 0.5) is 0 Å². The predicted octanol–water partition coefficient (Wildman–Crippen LogP) is 4.10. The highest BCUT2D eigenvalue weighted by atomic mass is 16.5. The standard InChI is InChI=1S/C20H17N3O2/c1-24-18-9-8-14(11-19(18)25-2)15-10-17-20(21-12-15)23(13-22-17)16-6-4-3-5-7-16/h3-13H,1-2H3. The number of para-hydroxylation sites is 1. The monoisotopic (exact) mass is 331 g/mol. The minimum absolute atomic E-state index is 0.690. The molecule has 0 aliphatic heterocycles. The lowest BCUT2D eigenvalue weighted by molar-refractivity contribution is 0.355. The van der Waals surface area contributed by atoms with Crippen LogP contribution in [0.1, 0.15) is 0 Å². The molecule has 0 aliphatic carbocycles. The van der Waals surface area contributed by atoms with Crippen molar-refractivity contribution in [2.24, 2.45) is 0 Å². The molecule has 0 N–H and O–H groups in total. The Balaban J connectivity index is 1.78. The van der Waals surface area contributed by atoms with Crippen molar-refractivity contribution in [2.45, 2.75) is 0 Å². The first-order valence-corrected chi connectivity index (χ1v) is 7.91. The molecule has 2 heterocycles. The van der Waals surface area contributed by atoms with Crippen LogP contribution in [-0.2, 0) is 0 Å². The zero-order valence-corrected chi connectivity index (χ0v) is 14.0. The molecule has 4 aromatic rings. The summed E-state index contributed by atoms with van der Waals surface area (Å²) in [6.07, 6.45) is 3.65. The summed E-state index contributed by atoms with van der Waals surface area (Å²) in [5.41, 5.74) is 4.69. The lowest BCUT2D eigenvalue weighted by Crippen LogP contribution is -1.94. The van der Waals surface area contributed by atoms with Crippen molar-refractivity contribution in [3.8, 4) is 28.3 Å². The first kappa shape index (κ1) is 15.2. The number of nitrogens with zero attached hydrogens (tertiary/aromatic N) is 3. The average molecular weight is 331 g/mol. The van der Waals surface area contributed by atoms with E-state index in [9.17, 15) is 0 Å². The Bertz CT molecular complexity index is 1030. The van der Waals surface area contributed by atoms with Crippen LogP contribution in [0.3, 0.4) is 0 Å². The van der Waals surface area contributed by atoms with Crippen LogP contribution in [0, 0.1) is 0 Å². The van der Waals surface area contributed by atoms with Gasteiger partial charge in [-0.15, -0.1) is 0 Å². The second-order valence-electron chi connectivity index (χ2n) is 5.59. The lowest BCUT2D eigenvalue weighted by atomic mass is 10.1. The summed E-state index contributed by atoms with van der Waals surface area (Å²) in [4.78, 5) is 9.12. The maximum Gasteiger partial charge on any atom is 0.164 e. The van der Waals surface area contributed by atoms with E-state index in [1.165, 1.54) is 0 Å². The third kappa shape index (κ3) is 2.70. The summed E-state index contributed by atoms with van der Waals surface area (Å²) in [6, 6.07) is 17.9. The number of ether oxygens (including phenoxy) is 2. The van der Waals surface area contributed by atoms with E-state index < -0.39 is 0 Å². The van der Waals surface area contributed by atoms with Gasteiger partial charge >= 0.3 is 0 Å². The molecule has 4 rings (SSSR count). The van der Waals surface area contributed by atoms with Crippen LogP contribution in [-0.4, -0.2) is 28.8 Å². The van der Waals surface area contributed by atoms with Crippen LogP contribution < -0.4 is 9.47 Å². The predicted molar refractivity (Wildman–Crippen MR) is 97.4 cm³/mol. The molecular formula is C20H17N3O2. The number of methoxy groups -OCH3 is 2. The number of hydrogen-bond donors (Lipinski definition) is 0. The molecule has 0 bridgehead atoms. The number of imidazole rings is 1. The molecule has 0 fully saturated rings. The Morgan fingerprint density at radius 3 is 2.36 bits per heavy atom. The van der Waals surface area contributed by atoms with Crippen LogP contribution in [0.15, 0.2) is 67.1 Å². The molecule has 0 aliphatic rings. The number of fused-ring (bicyclic) bond motifs is 1. The molecule has 0 spiro atoms. The van der Waals surface area contributed by atoms with Crippen LogP contribution in [0.2, 0.25) is 0 Å². The van der Waals surface area contributed by atoms with E-state index >= 15 is 0 Å². The highest BCUT2D eigenvalue weighted by Gasteiger charge is 2.10. The second-order valence-corrected chi connectivity index (χ2v) is 5.59. The van der Waals surface area contributed by atoms with Crippen molar-refractivity contribution in [1.29, 1.82) is 0 Å². The molecule has 5 heteroatoms. The zero-order chi connectivity index (χ0) is 17.2. The fraction of sp³-hybridized carbons (Fsp3) is 0.100. The number of hydrogen-bond acceptors (Lipinski definition) is 4. The Morgan fingerprint density at radius 2 is 1.60 bits per heavy atom. The van der Waals surface area contributed by atoms with Crippen molar-refractivity contribution in [1.82, 2.24) is 14.5 Å². The fourth-order valence-corrected chi connectivity index (χ4v) is 2.85. The first-order valence-electron chi connectivity index (χ1n) is 7.91. The smallest absolute Gasteiger partial charge is 0.164 e. The summed E-state index contributed by atoms with van der Waals surface area (Å²) in [5.74, 6) is 1.39. The summed E-state index contributed by atoms with van der Waals surface area (Å²) in [6.45, 7) is 0. The molecule has 0 saturated carbocycles. The van der Waals surface area contributed by atoms with E-state index in [4.69, 9.17) is 9.47 Å². The van der Waals surface area contributed by atoms with Gasteiger partial charge in [-0.1, -0.05) is 24.3 Å². The van der Waals surface area contributed by atoms with Crippen LogP contribution >= 0.6 is 0 Å². The molecule has 2 aromatic carbocycles. The van der Waals surface area contributed by atoms with Gasteiger partial charge in [0.25, 0.3) is 0 Å². The van der Waals surface area contributed by atoms with Gasteiger partial charge < -0.3 is 9.47 Å². The molecule has 0 saturated heterocycles. The molecule has 5 nitrogen and oxygen atoms in total. The molecule has 0 atom stereocenters. The van der Waals surface area contributed by atoms with Gasteiger partial charge in [0.1, 0.15) is 11.8 Å². The highest BCUT2D eigenvalue weighted by molar-refractivity contribution is 5.80. The molecule has 0 radical (unpaired) electrons. The van der Waals surface area contributed by atoms with E-state index in [1.54, 1.807) is 20.5 Å². The first-order chi connectivity index (χ1) is 12.3. The second kappa shape index (κ2) is 6.28. The van der Waals surface area contributed by atoms with Gasteiger partial charge in [0.2, 0.25) is 0 Å². The van der Waals surface area contributed by atoms with Crippen LogP contribution in [0.5, 0.6) is 11.5 Å². The van der Waals surface area contributed by atoms with E-state index in [0.717, 1.165) is 28.0 Å². The van der Waals surface area contributed by atoms with E-state index in [2.05, 4.69) is 9.97 Å². The SMILES string of the molecule is COc1ccc(-c2cnc3c(c2)ncn3-c2ccccc2)cc1OC. The van der Waals surface area contributed by atoms with Crippen LogP contribution in [0.25, 0.3) is 28.0 Å². The lowest BCUT2D eigenvalue weighted by Gasteiger charge is -2.09. The van der Waals surface area contributed by atoms with Crippen molar-refractivity contribution in [3.63, 3.8) is 0 Å². The average Bonchev–Trinajstić information content (AvgIpc) is 3.11. The van der Waals surface area contributed by atoms with Crippen molar-refractivity contribution >= 4 is 11.2 Å². The number of rotatable bonds is 4. The van der Waals surface area contributed by atoms with Crippen molar-refractivity contribution < 1.29 is 9.47 Å². The maximum absolute atomic E-state index is 5.38. The fourth-order valence-electron chi connectivity index (χ4n) is 2.85. The van der Waals surface area contributed by atoms with Gasteiger partial charge in [-0.2, -0.15) is 0 Å². The molecule has 25 heavy (non-hydrogen) atoms. The molecule has 0 amide bonds. The Labute approximate surface area is 145 Å². The zero-order valence-electron chi connectivity index (χ0n) is 14.0. The van der Waals surface area contributed by atoms with Gasteiger partial charge in [0, 0.05) is 17.4 Å². The number of aromatic nitrogens is 3. The number of pyridine rings is 1. The van der Waals surface area contributed by atoms with E-state index in [0.29, 0.717) is 11.5 Å². The Kier molecular flexibility index (Phi) is 3.82. The van der Waals surface area contributed by atoms with Gasteiger partial charge in [-0.3, -0.25) is 4.57 Å². The van der Waals surface area contributed by atoms with Crippen molar-refractivity contribution in [3.05, 3.63) is 67.1 Å². The molecular weight excluding hydrogens is 314 g/mol. The number of benzene rings is 2. The van der Waals surface area contributed by atoms with Gasteiger partial charge in [-0.05, 0) is 35.9 Å². The Morgan fingerprint density at radius 1 is 0.800 bits per heavy atom. The summed E-state index contributed by atoms with van der Waals surface area (Å²) in [5, 5.41) is 0. The van der Waals surface area contributed by atoms with Gasteiger partial charge in [0.15, 0.2) is 17.1 Å². The molecule has 2 aromatic heterocycles. The third-order valence-electron chi connectivity index (χ3n) is 4.14.